The second kappa shape index (κ2) is 12.5. The van der Waals surface area contributed by atoms with Gasteiger partial charge in [0.25, 0.3) is 0 Å². The average molecular weight is 495 g/mol. The van der Waals surface area contributed by atoms with Gasteiger partial charge in [0.1, 0.15) is 17.2 Å². The van der Waals surface area contributed by atoms with Crippen molar-refractivity contribution in [1.82, 2.24) is 15.3 Å². The Kier molecular flexibility index (Phi) is 9.19. The van der Waals surface area contributed by atoms with Crippen LogP contribution in [-0.2, 0) is 6.42 Å². The quantitative estimate of drug-likeness (QED) is 0.242. The molecule has 184 valence electrons. The number of rotatable bonds is 8. The van der Waals surface area contributed by atoms with Gasteiger partial charge in [0.05, 0.1) is 21.3 Å². The fourth-order valence-corrected chi connectivity index (χ4v) is 3.45. The molecule has 9 nitrogen and oxygen atoms in total. The van der Waals surface area contributed by atoms with Crippen molar-refractivity contribution in [2.75, 3.05) is 38.5 Å². The molecule has 0 radical (unpaired) electrons. The van der Waals surface area contributed by atoms with E-state index in [1.54, 1.807) is 27.4 Å². The molecule has 0 aliphatic rings. The van der Waals surface area contributed by atoms with Gasteiger partial charge in [-0.2, -0.15) is 0 Å². The zero-order chi connectivity index (χ0) is 25.2. The first-order valence-electron chi connectivity index (χ1n) is 11.0. The van der Waals surface area contributed by atoms with E-state index in [1.165, 1.54) is 0 Å². The number of hydrogen-bond donors (Lipinski definition) is 3. The number of thiocarbonyl (C=S) groups is 1. The summed E-state index contributed by atoms with van der Waals surface area (Å²) in [4.78, 5) is 13.6. The average Bonchev–Trinajstić information content (AvgIpc) is 2.83. The van der Waals surface area contributed by atoms with Crippen molar-refractivity contribution in [3.8, 4) is 17.2 Å². The maximum Gasteiger partial charge on any atom is 0.229 e. The third-order valence-corrected chi connectivity index (χ3v) is 5.09. The van der Waals surface area contributed by atoms with Crippen molar-refractivity contribution in [2.45, 2.75) is 20.3 Å². The van der Waals surface area contributed by atoms with E-state index in [2.05, 4.69) is 30.9 Å². The molecule has 0 atom stereocenters. The maximum absolute atomic E-state index is 5.53. The highest BCUT2D eigenvalue weighted by Gasteiger charge is 2.09. The molecule has 2 aromatic carbocycles. The summed E-state index contributed by atoms with van der Waals surface area (Å²) in [7, 11) is 4.84. The molecule has 1 heterocycles. The Bertz CT molecular complexity index is 1140. The Hall–Kier alpha value is -3.92. The third-order valence-electron chi connectivity index (χ3n) is 4.88. The Morgan fingerprint density at radius 2 is 1.43 bits per heavy atom. The number of hydrogen-bond acceptors (Lipinski definition) is 7. The van der Waals surface area contributed by atoms with Crippen LogP contribution in [0.3, 0.4) is 0 Å². The molecular formula is C25H30N6O3S. The first kappa shape index (κ1) is 25.7. The third kappa shape index (κ3) is 8.11. The lowest BCUT2D eigenvalue weighted by atomic mass is 10.1. The van der Waals surface area contributed by atoms with Crippen LogP contribution in [-0.4, -0.2) is 48.9 Å². The highest BCUT2D eigenvalue weighted by atomic mass is 32.1. The van der Waals surface area contributed by atoms with Crippen LogP contribution in [0.2, 0.25) is 0 Å². The van der Waals surface area contributed by atoms with E-state index in [-0.39, 0.29) is 0 Å². The van der Waals surface area contributed by atoms with Gasteiger partial charge in [-0.15, -0.1) is 0 Å². The fourth-order valence-electron chi connectivity index (χ4n) is 3.24. The number of aromatic nitrogens is 2. The summed E-state index contributed by atoms with van der Waals surface area (Å²) in [6.07, 6.45) is 0.734. The van der Waals surface area contributed by atoms with E-state index in [4.69, 9.17) is 26.4 Å². The largest absolute Gasteiger partial charge is 0.497 e. The van der Waals surface area contributed by atoms with Gasteiger partial charge in [-0.25, -0.2) is 9.97 Å². The molecular weight excluding hydrogens is 464 g/mol. The summed E-state index contributed by atoms with van der Waals surface area (Å²) in [5.74, 6) is 2.97. The summed E-state index contributed by atoms with van der Waals surface area (Å²) >= 11 is 5.53. The zero-order valence-electron chi connectivity index (χ0n) is 20.5. The van der Waals surface area contributed by atoms with Crippen molar-refractivity contribution in [1.29, 1.82) is 0 Å². The van der Waals surface area contributed by atoms with Gasteiger partial charge < -0.3 is 24.8 Å². The first-order valence-corrected chi connectivity index (χ1v) is 11.4. The van der Waals surface area contributed by atoms with Crippen molar-refractivity contribution < 1.29 is 14.2 Å². The highest BCUT2D eigenvalue weighted by Crippen LogP contribution is 2.25. The van der Waals surface area contributed by atoms with Crippen LogP contribution in [0.5, 0.6) is 17.2 Å². The molecule has 0 bridgehead atoms. The molecule has 35 heavy (non-hydrogen) atoms. The zero-order valence-corrected chi connectivity index (χ0v) is 21.3. The van der Waals surface area contributed by atoms with Crippen LogP contribution in [0.4, 0.5) is 11.6 Å². The minimum absolute atomic E-state index is 0.334. The molecule has 0 saturated heterocycles. The Labute approximate surface area is 211 Å². The van der Waals surface area contributed by atoms with Crippen LogP contribution in [0.15, 0.2) is 53.5 Å². The summed E-state index contributed by atoms with van der Waals surface area (Å²) in [5, 5.41) is 9.73. The highest BCUT2D eigenvalue weighted by molar-refractivity contribution is 7.80. The Balaban J connectivity index is 1.74. The lowest BCUT2D eigenvalue weighted by Gasteiger charge is -2.15. The number of guanidine groups is 1. The number of benzene rings is 2. The van der Waals surface area contributed by atoms with Gasteiger partial charge in [0.15, 0.2) is 5.11 Å². The van der Waals surface area contributed by atoms with Gasteiger partial charge in [0, 0.05) is 41.8 Å². The molecule has 0 fully saturated rings. The Morgan fingerprint density at radius 3 is 2.00 bits per heavy atom. The van der Waals surface area contributed by atoms with Crippen molar-refractivity contribution in [3.05, 3.63) is 65.5 Å². The van der Waals surface area contributed by atoms with Gasteiger partial charge >= 0.3 is 0 Å². The van der Waals surface area contributed by atoms with Crippen LogP contribution in [0, 0.1) is 13.8 Å². The summed E-state index contributed by atoms with van der Waals surface area (Å²) < 4.78 is 15.9. The van der Waals surface area contributed by atoms with E-state index in [9.17, 15) is 0 Å². The van der Waals surface area contributed by atoms with E-state index < -0.39 is 0 Å². The summed E-state index contributed by atoms with van der Waals surface area (Å²) in [5.41, 5.74) is 3.54. The van der Waals surface area contributed by atoms with Gasteiger partial charge in [-0.1, -0.05) is 12.1 Å². The van der Waals surface area contributed by atoms with Crippen molar-refractivity contribution >= 4 is 34.9 Å². The lowest BCUT2D eigenvalue weighted by Crippen LogP contribution is -2.39. The van der Waals surface area contributed by atoms with Crippen molar-refractivity contribution in [3.63, 3.8) is 0 Å². The van der Waals surface area contributed by atoms with Crippen LogP contribution < -0.4 is 30.2 Å². The molecule has 0 spiro atoms. The number of nitrogens with zero attached hydrogens (tertiary/aromatic N) is 3. The number of ether oxygens (including phenoxy) is 3. The maximum atomic E-state index is 5.53. The number of nitrogens with one attached hydrogen (secondary N) is 3. The molecule has 3 N–H and O–H groups in total. The van der Waals surface area contributed by atoms with Crippen LogP contribution >= 0.6 is 12.2 Å². The predicted octanol–water partition coefficient (Wildman–Crippen LogP) is 4.12. The van der Waals surface area contributed by atoms with E-state index in [1.807, 2.05) is 56.3 Å². The molecule has 0 aliphatic carbocycles. The van der Waals surface area contributed by atoms with Gasteiger partial charge in [-0.05, 0) is 56.2 Å². The monoisotopic (exact) mass is 494 g/mol. The topological polar surface area (TPSA) is 102 Å². The summed E-state index contributed by atoms with van der Waals surface area (Å²) in [6.45, 7) is 4.34. The van der Waals surface area contributed by atoms with Gasteiger partial charge in [-0.3, -0.25) is 10.3 Å². The summed E-state index contributed by atoms with van der Waals surface area (Å²) in [6, 6.07) is 15.2. The SMILES string of the molecule is COc1ccc(CCN=C(NC(=S)Nc2cc(OC)cc(OC)c2)Nc2nc(C)cc(C)n2)cc1. The molecule has 3 aromatic rings. The molecule has 10 heteroatoms. The van der Waals surface area contributed by atoms with E-state index >= 15 is 0 Å². The second-order valence-corrected chi connectivity index (χ2v) is 8.02. The fraction of sp³-hybridized carbons (Fsp3) is 0.280. The number of methoxy groups -OCH3 is 3. The first-order chi connectivity index (χ1) is 16.9. The smallest absolute Gasteiger partial charge is 0.229 e. The lowest BCUT2D eigenvalue weighted by molar-refractivity contribution is 0.395. The van der Waals surface area contributed by atoms with Gasteiger partial charge in [0.2, 0.25) is 11.9 Å². The standard InChI is InChI=1S/C25H30N6O3S/c1-16-12-17(2)28-24(27-16)30-23(26-11-10-18-6-8-20(32-3)9-7-18)31-25(35)29-19-13-21(33-4)15-22(14-19)34-5/h6-9,12-15H,10-11H2,1-5H3,(H3,26,27,28,29,30,31,35). The normalized spacial score (nSPS) is 10.9. The molecule has 1 aromatic heterocycles. The van der Waals surface area contributed by atoms with Crippen molar-refractivity contribution in [2.24, 2.45) is 4.99 Å². The molecule has 0 aliphatic heterocycles. The second-order valence-electron chi connectivity index (χ2n) is 7.61. The Morgan fingerprint density at radius 1 is 0.829 bits per heavy atom. The molecule has 0 unspecified atom stereocenters. The number of aryl methyl sites for hydroxylation is 2. The molecule has 0 amide bonds. The van der Waals surface area contributed by atoms with Crippen LogP contribution in [0.1, 0.15) is 17.0 Å². The number of aliphatic imine (C=N–C) groups is 1. The minimum atomic E-state index is 0.334. The molecule has 3 rings (SSSR count). The van der Waals surface area contributed by atoms with Crippen LogP contribution in [0.25, 0.3) is 0 Å². The predicted molar refractivity (Wildman–Crippen MR) is 143 cm³/mol. The minimum Gasteiger partial charge on any atom is -0.497 e. The van der Waals surface area contributed by atoms with E-state index in [0.717, 1.165) is 29.1 Å². The number of anilines is 2. The van der Waals surface area contributed by atoms with E-state index in [0.29, 0.717) is 40.8 Å². The molecule has 0 saturated carbocycles.